The fraction of sp³-hybridized carbons (Fsp3) is 0.643. The first-order valence-corrected chi connectivity index (χ1v) is 8.02. The van der Waals surface area contributed by atoms with Crippen molar-refractivity contribution in [2.45, 2.75) is 45.3 Å². The van der Waals surface area contributed by atoms with Crippen LogP contribution in [0.3, 0.4) is 0 Å². The molecule has 2 atom stereocenters. The maximum atomic E-state index is 12.0. The van der Waals surface area contributed by atoms with Crippen LogP contribution in [0.5, 0.6) is 0 Å². The zero-order chi connectivity index (χ0) is 16.7. The van der Waals surface area contributed by atoms with E-state index < -0.39 is 29.1 Å². The van der Waals surface area contributed by atoms with E-state index in [4.69, 9.17) is 4.74 Å². The second kappa shape index (κ2) is 8.67. The van der Waals surface area contributed by atoms with Crippen molar-refractivity contribution < 1.29 is 24.2 Å². The van der Waals surface area contributed by atoms with Gasteiger partial charge in [0.25, 0.3) is 0 Å². The minimum absolute atomic E-state index is 0.152. The molecule has 2 amide bonds. The summed E-state index contributed by atoms with van der Waals surface area (Å²) >= 11 is 0.931. The van der Waals surface area contributed by atoms with Crippen LogP contribution in [0.15, 0.2) is 9.98 Å². The van der Waals surface area contributed by atoms with E-state index in [0.29, 0.717) is 6.42 Å². The monoisotopic (exact) mass is 328 g/mol. The van der Waals surface area contributed by atoms with Gasteiger partial charge < -0.3 is 9.84 Å². The molecule has 0 saturated carbocycles. The average molecular weight is 328 g/mol. The van der Waals surface area contributed by atoms with Crippen LogP contribution in [-0.2, 0) is 14.3 Å². The molecule has 0 aromatic heterocycles. The van der Waals surface area contributed by atoms with Crippen LogP contribution in [0, 0.1) is 5.92 Å². The van der Waals surface area contributed by atoms with Crippen molar-refractivity contribution >= 4 is 40.5 Å². The second-order valence-electron chi connectivity index (χ2n) is 4.76. The zero-order valence-electron chi connectivity index (χ0n) is 12.9. The van der Waals surface area contributed by atoms with Crippen molar-refractivity contribution in [3.05, 3.63) is 0 Å². The molecule has 0 radical (unpaired) electrons. The van der Waals surface area contributed by atoms with E-state index >= 15 is 0 Å². The number of esters is 1. The first-order valence-electron chi connectivity index (χ1n) is 7.14. The quantitative estimate of drug-likeness (QED) is 0.720. The number of aliphatic carboxylic acids is 1. The van der Waals surface area contributed by atoms with Gasteiger partial charge >= 0.3 is 18.0 Å². The van der Waals surface area contributed by atoms with Gasteiger partial charge in [0.2, 0.25) is 0 Å². The number of hydrogen-bond acceptors (Lipinski definition) is 5. The predicted molar refractivity (Wildman–Crippen MR) is 84.6 cm³/mol. The van der Waals surface area contributed by atoms with E-state index in [1.165, 1.54) is 6.92 Å². The van der Waals surface area contributed by atoms with Crippen molar-refractivity contribution in [1.82, 2.24) is 0 Å². The molecular formula is C14H20N2O5S. The Kier molecular flexibility index (Phi) is 7.23. The van der Waals surface area contributed by atoms with Crippen LogP contribution in [0.25, 0.3) is 0 Å². The number of aliphatic imine (C=N–C) groups is 2. The molecule has 2 unspecified atom stereocenters. The normalized spacial score (nSPS) is 19.2. The first-order chi connectivity index (χ1) is 10.4. The largest absolute Gasteiger partial charge is 0.480 e. The molecule has 22 heavy (non-hydrogen) atoms. The third kappa shape index (κ3) is 4.94. The molecule has 0 aliphatic carbocycles. The predicted octanol–water partition coefficient (Wildman–Crippen LogP) is 2.54. The molecular weight excluding hydrogens is 308 g/mol. The average Bonchev–Trinajstić information content (AvgIpc) is 2.42. The van der Waals surface area contributed by atoms with E-state index in [2.05, 4.69) is 9.98 Å². The van der Waals surface area contributed by atoms with Crippen molar-refractivity contribution in [2.75, 3.05) is 6.61 Å². The number of carboxylic acids is 1. The number of hydrogen-bond donors (Lipinski definition) is 1. The number of unbranched alkanes of at least 4 members (excludes halogenated alkanes) is 1. The molecule has 1 aliphatic rings. The van der Waals surface area contributed by atoms with Crippen LogP contribution in [0.4, 0.5) is 4.79 Å². The van der Waals surface area contributed by atoms with Crippen LogP contribution in [-0.4, -0.2) is 45.7 Å². The maximum Gasteiger partial charge on any atom is 0.367 e. The Morgan fingerprint density at radius 2 is 2.05 bits per heavy atom. The summed E-state index contributed by atoms with van der Waals surface area (Å²) in [5.74, 6) is -2.45. The van der Waals surface area contributed by atoms with E-state index in [1.807, 2.05) is 6.92 Å². The standard InChI is InChI=1S/C14H20N2O5S/c1-4-6-7-9(12(17)18)22-11-10(13(19)21-5-2)8(3)15-14(20)16-11/h9-10H,4-7H2,1-3H3,(H,17,18). The summed E-state index contributed by atoms with van der Waals surface area (Å²) in [6.45, 7) is 5.36. The Morgan fingerprint density at radius 3 is 2.59 bits per heavy atom. The van der Waals surface area contributed by atoms with E-state index in [-0.39, 0.29) is 17.4 Å². The third-order valence-corrected chi connectivity index (χ3v) is 4.31. The fourth-order valence-electron chi connectivity index (χ4n) is 1.94. The highest BCUT2D eigenvalue weighted by atomic mass is 32.2. The number of ether oxygens (including phenoxy) is 1. The number of nitrogens with zero attached hydrogens (tertiary/aromatic N) is 2. The summed E-state index contributed by atoms with van der Waals surface area (Å²) in [4.78, 5) is 42.3. The number of urea groups is 1. The molecule has 0 bridgehead atoms. The van der Waals surface area contributed by atoms with Crippen molar-refractivity contribution in [3.8, 4) is 0 Å². The van der Waals surface area contributed by atoms with Gasteiger partial charge in [0, 0.05) is 5.71 Å². The van der Waals surface area contributed by atoms with Crippen molar-refractivity contribution in [1.29, 1.82) is 0 Å². The topological polar surface area (TPSA) is 105 Å². The van der Waals surface area contributed by atoms with Gasteiger partial charge in [-0.05, 0) is 20.3 Å². The highest BCUT2D eigenvalue weighted by molar-refractivity contribution is 8.15. The molecule has 0 aromatic carbocycles. The summed E-state index contributed by atoms with van der Waals surface area (Å²) in [5, 5.41) is 8.68. The van der Waals surface area contributed by atoms with Crippen molar-refractivity contribution in [2.24, 2.45) is 15.9 Å². The summed E-state index contributed by atoms with van der Waals surface area (Å²) in [6.07, 6.45) is 2.04. The minimum atomic E-state index is -0.989. The van der Waals surface area contributed by atoms with E-state index in [9.17, 15) is 19.5 Å². The molecule has 122 valence electrons. The van der Waals surface area contributed by atoms with Crippen LogP contribution >= 0.6 is 11.8 Å². The van der Waals surface area contributed by atoms with Gasteiger partial charge in [-0.1, -0.05) is 31.5 Å². The van der Waals surface area contributed by atoms with Gasteiger partial charge in [-0.15, -0.1) is 0 Å². The van der Waals surface area contributed by atoms with E-state index in [1.54, 1.807) is 6.92 Å². The number of carboxylic acid groups (broad SMARTS) is 1. The lowest BCUT2D eigenvalue weighted by Crippen LogP contribution is -2.35. The molecule has 8 heteroatoms. The molecule has 7 nitrogen and oxygen atoms in total. The Morgan fingerprint density at radius 1 is 1.36 bits per heavy atom. The van der Waals surface area contributed by atoms with Gasteiger partial charge in [0.1, 0.15) is 11.2 Å². The lowest BCUT2D eigenvalue weighted by molar-refractivity contribution is -0.143. The highest BCUT2D eigenvalue weighted by Crippen LogP contribution is 2.27. The number of carbonyl (C=O) groups excluding carboxylic acids is 2. The molecule has 0 spiro atoms. The van der Waals surface area contributed by atoms with Gasteiger partial charge in [0.15, 0.2) is 0 Å². The van der Waals surface area contributed by atoms with Crippen LogP contribution < -0.4 is 0 Å². The van der Waals surface area contributed by atoms with Gasteiger partial charge in [-0.25, -0.2) is 4.79 Å². The smallest absolute Gasteiger partial charge is 0.367 e. The zero-order valence-corrected chi connectivity index (χ0v) is 13.7. The Labute approximate surface area is 133 Å². The lowest BCUT2D eigenvalue weighted by Gasteiger charge is -2.21. The number of amides is 2. The Balaban J connectivity index is 2.97. The van der Waals surface area contributed by atoms with E-state index in [0.717, 1.165) is 24.6 Å². The van der Waals surface area contributed by atoms with Gasteiger partial charge in [-0.3, -0.25) is 9.59 Å². The summed E-state index contributed by atoms with van der Waals surface area (Å²) in [6, 6.07) is -0.722. The number of rotatable bonds is 7. The number of carbonyl (C=O) groups is 3. The molecule has 1 N–H and O–H groups in total. The molecule has 0 saturated heterocycles. The molecule has 1 heterocycles. The first kappa shape index (κ1) is 18.3. The summed E-state index contributed by atoms with van der Waals surface area (Å²) < 4.78 is 4.97. The lowest BCUT2D eigenvalue weighted by atomic mass is 10.1. The number of thioether (sulfide) groups is 1. The second-order valence-corrected chi connectivity index (χ2v) is 5.98. The third-order valence-electron chi connectivity index (χ3n) is 3.02. The van der Waals surface area contributed by atoms with Crippen molar-refractivity contribution in [3.63, 3.8) is 0 Å². The van der Waals surface area contributed by atoms with Crippen LogP contribution in [0.2, 0.25) is 0 Å². The fourth-order valence-corrected chi connectivity index (χ4v) is 3.15. The van der Waals surface area contributed by atoms with Gasteiger partial charge in [-0.2, -0.15) is 9.98 Å². The Hall–Kier alpha value is -1.70. The molecule has 1 rings (SSSR count). The highest BCUT2D eigenvalue weighted by Gasteiger charge is 2.36. The molecule has 1 aliphatic heterocycles. The summed E-state index contributed by atoms with van der Waals surface area (Å²) in [5.41, 5.74) is 0.278. The molecule has 0 aromatic rings. The maximum absolute atomic E-state index is 12.0. The van der Waals surface area contributed by atoms with Crippen LogP contribution in [0.1, 0.15) is 40.0 Å². The minimum Gasteiger partial charge on any atom is -0.480 e. The Bertz CT molecular complexity index is 515. The SMILES string of the molecule is CCCCC(SC1=NC(=O)N=C(C)C1C(=O)OCC)C(=O)O. The summed E-state index contributed by atoms with van der Waals surface area (Å²) in [7, 11) is 0. The van der Waals surface area contributed by atoms with Gasteiger partial charge in [0.05, 0.1) is 11.7 Å². The molecule has 0 fully saturated rings.